The van der Waals surface area contributed by atoms with Gasteiger partial charge in [-0.1, -0.05) is 66.3 Å². The number of rotatable bonds is 7. The molecule has 0 unspecified atom stereocenters. The molecule has 0 atom stereocenters. The van der Waals surface area contributed by atoms with E-state index in [0.717, 1.165) is 29.7 Å². The Labute approximate surface area is 185 Å². The van der Waals surface area contributed by atoms with Gasteiger partial charge < -0.3 is 9.15 Å². The first-order valence-corrected chi connectivity index (χ1v) is 10.3. The number of aryl methyl sites for hydroxylation is 3. The van der Waals surface area contributed by atoms with Crippen LogP contribution in [0.1, 0.15) is 22.4 Å². The lowest BCUT2D eigenvalue weighted by Gasteiger charge is -2.00. The van der Waals surface area contributed by atoms with Crippen molar-refractivity contribution >= 4 is 18.1 Å². The van der Waals surface area contributed by atoms with Crippen LogP contribution in [0.3, 0.4) is 0 Å². The van der Waals surface area contributed by atoms with Crippen LogP contribution in [0.2, 0.25) is 0 Å². The summed E-state index contributed by atoms with van der Waals surface area (Å²) >= 11 is 0. The number of aromatic nitrogens is 1. The van der Waals surface area contributed by atoms with Crippen LogP contribution < -0.4 is 5.32 Å². The number of carbonyl (C=O) groups is 2. The highest BCUT2D eigenvalue weighted by atomic mass is 16.6. The number of hydrogen-bond donors (Lipinski definition) is 1. The molecule has 32 heavy (non-hydrogen) atoms. The van der Waals surface area contributed by atoms with Crippen molar-refractivity contribution in [3.63, 3.8) is 0 Å². The zero-order valence-corrected chi connectivity index (χ0v) is 17.6. The zero-order chi connectivity index (χ0) is 22.3. The van der Waals surface area contributed by atoms with Gasteiger partial charge in [0.05, 0.1) is 5.69 Å². The molecule has 1 aliphatic rings. The summed E-state index contributed by atoms with van der Waals surface area (Å²) in [6.07, 6.45) is 11.4. The van der Waals surface area contributed by atoms with Crippen molar-refractivity contribution in [2.75, 3.05) is 0 Å². The lowest BCUT2D eigenvalue weighted by molar-refractivity contribution is -0.130. The van der Waals surface area contributed by atoms with E-state index < -0.39 is 12.1 Å². The zero-order valence-electron chi connectivity index (χ0n) is 17.6. The molecule has 2 aromatic carbocycles. The van der Waals surface area contributed by atoms with Crippen molar-refractivity contribution in [3.8, 4) is 11.5 Å². The number of cyclic esters (lactones) is 2. The maximum atomic E-state index is 11.3. The first kappa shape index (κ1) is 21.1. The number of benzene rings is 2. The van der Waals surface area contributed by atoms with Crippen molar-refractivity contribution < 1.29 is 18.7 Å². The van der Waals surface area contributed by atoms with E-state index in [2.05, 4.69) is 46.2 Å². The number of hydrogen-bond acceptors (Lipinski definition) is 5. The number of nitrogens with zero attached hydrogens (tertiary/aromatic N) is 1. The van der Waals surface area contributed by atoms with E-state index in [-0.39, 0.29) is 5.70 Å². The monoisotopic (exact) mass is 426 g/mol. The van der Waals surface area contributed by atoms with Crippen LogP contribution in [-0.2, 0) is 22.4 Å². The van der Waals surface area contributed by atoms with E-state index in [1.54, 1.807) is 18.4 Å². The van der Waals surface area contributed by atoms with Gasteiger partial charge >= 0.3 is 12.1 Å². The average Bonchev–Trinajstić information content (AvgIpc) is 3.39. The largest absolute Gasteiger partial charge is 0.444 e. The molecule has 1 saturated heterocycles. The second-order valence-electron chi connectivity index (χ2n) is 7.38. The molecule has 1 aromatic heterocycles. The summed E-state index contributed by atoms with van der Waals surface area (Å²) in [5.74, 6) is -0.0173. The van der Waals surface area contributed by atoms with E-state index in [0.29, 0.717) is 5.89 Å². The summed E-state index contributed by atoms with van der Waals surface area (Å²) in [7, 11) is 0. The van der Waals surface area contributed by atoms with Gasteiger partial charge in [0.25, 0.3) is 0 Å². The molecule has 1 aliphatic heterocycles. The van der Waals surface area contributed by atoms with E-state index in [1.165, 1.54) is 17.2 Å². The molecule has 0 spiro atoms. The van der Waals surface area contributed by atoms with Crippen LogP contribution >= 0.6 is 0 Å². The second-order valence-corrected chi connectivity index (χ2v) is 7.38. The molecule has 0 saturated carbocycles. The minimum absolute atomic E-state index is 0.127. The number of oxazole rings is 1. The Balaban J connectivity index is 1.28. The van der Waals surface area contributed by atoms with Crippen LogP contribution in [0.25, 0.3) is 17.5 Å². The number of ether oxygens (including phenoxy) is 1. The number of alkyl carbamates (subject to hydrolysis) is 1. The van der Waals surface area contributed by atoms with Crippen LogP contribution in [0, 0.1) is 6.92 Å². The molecule has 6 heteroatoms. The lowest BCUT2D eigenvalue weighted by Crippen LogP contribution is -2.11. The molecule has 160 valence electrons. The third kappa shape index (κ3) is 5.49. The Morgan fingerprint density at radius 1 is 1.00 bits per heavy atom. The Morgan fingerprint density at radius 2 is 1.84 bits per heavy atom. The third-order valence-corrected chi connectivity index (χ3v) is 4.88. The first-order chi connectivity index (χ1) is 15.6. The molecule has 1 N–H and O–H groups in total. The van der Waals surface area contributed by atoms with Crippen LogP contribution in [0.15, 0.2) is 89.2 Å². The fourth-order valence-electron chi connectivity index (χ4n) is 3.22. The SMILES string of the molecule is Cc1cccc(-c2nc(CCc3ccc(C=CC=CC=C4NC(=O)OC4=O)cc3)co2)c1. The Morgan fingerprint density at radius 3 is 2.59 bits per heavy atom. The first-order valence-electron chi connectivity index (χ1n) is 10.3. The molecular weight excluding hydrogens is 404 g/mol. The van der Waals surface area contributed by atoms with Gasteiger partial charge in [-0.3, -0.25) is 5.32 Å². The number of nitrogens with one attached hydrogen (secondary N) is 1. The van der Waals surface area contributed by atoms with Crippen molar-refractivity contribution in [1.29, 1.82) is 0 Å². The minimum atomic E-state index is -0.749. The Bertz CT molecular complexity index is 1220. The van der Waals surface area contributed by atoms with Gasteiger partial charge in [-0.05, 0) is 49.1 Å². The van der Waals surface area contributed by atoms with Crippen LogP contribution in [0.5, 0.6) is 0 Å². The van der Waals surface area contributed by atoms with Gasteiger partial charge in [-0.2, -0.15) is 0 Å². The van der Waals surface area contributed by atoms with Crippen molar-refractivity contribution in [1.82, 2.24) is 10.3 Å². The molecule has 1 amide bonds. The summed E-state index contributed by atoms with van der Waals surface area (Å²) in [5, 5.41) is 2.32. The maximum absolute atomic E-state index is 11.3. The second kappa shape index (κ2) is 9.75. The fraction of sp³-hybridized carbons (Fsp3) is 0.115. The highest BCUT2D eigenvalue weighted by Crippen LogP contribution is 2.20. The van der Waals surface area contributed by atoms with Crippen molar-refractivity contribution in [2.24, 2.45) is 0 Å². The molecule has 6 nitrogen and oxygen atoms in total. The lowest BCUT2D eigenvalue weighted by atomic mass is 10.1. The molecule has 0 radical (unpaired) electrons. The van der Waals surface area contributed by atoms with Gasteiger partial charge in [0.15, 0.2) is 0 Å². The molecule has 4 rings (SSSR count). The fourth-order valence-corrected chi connectivity index (χ4v) is 3.22. The molecule has 0 bridgehead atoms. The average molecular weight is 426 g/mol. The number of esters is 1. The summed E-state index contributed by atoms with van der Waals surface area (Å²) in [5.41, 5.74) is 5.51. The van der Waals surface area contributed by atoms with Crippen molar-refractivity contribution in [2.45, 2.75) is 19.8 Å². The van der Waals surface area contributed by atoms with Crippen LogP contribution in [0.4, 0.5) is 4.79 Å². The summed E-state index contributed by atoms with van der Waals surface area (Å²) in [4.78, 5) is 26.8. The highest BCUT2D eigenvalue weighted by molar-refractivity contribution is 6.04. The topological polar surface area (TPSA) is 81.4 Å². The predicted molar refractivity (Wildman–Crippen MR) is 121 cm³/mol. The third-order valence-electron chi connectivity index (χ3n) is 4.88. The Hall–Kier alpha value is -4.19. The molecule has 3 aromatic rings. The molecule has 1 fully saturated rings. The summed E-state index contributed by atoms with van der Waals surface area (Å²) in [6, 6.07) is 16.4. The molecule has 2 heterocycles. The molecular formula is C26H22N2O4. The quantitative estimate of drug-likeness (QED) is 0.244. The summed E-state index contributed by atoms with van der Waals surface area (Å²) < 4.78 is 10.0. The smallest absolute Gasteiger partial charge is 0.419 e. The van der Waals surface area contributed by atoms with Gasteiger partial charge in [0.1, 0.15) is 12.0 Å². The van der Waals surface area contributed by atoms with Gasteiger partial charge in [-0.15, -0.1) is 0 Å². The number of amides is 1. The van der Waals surface area contributed by atoms with Crippen LogP contribution in [-0.4, -0.2) is 17.0 Å². The van der Waals surface area contributed by atoms with E-state index in [4.69, 9.17) is 4.42 Å². The Kier molecular flexibility index (Phi) is 6.41. The maximum Gasteiger partial charge on any atom is 0.419 e. The standard InChI is InChI=1S/C26H22N2O4/c1-18-6-5-8-21(16-18)24-27-22(17-31-24)15-14-20-12-10-19(11-13-20)7-3-2-4-9-23-25(29)32-26(30)28-23/h2-13,16-17H,14-15H2,1H3,(H,28,30). The number of allylic oxidation sites excluding steroid dienone is 4. The van der Waals surface area contributed by atoms with E-state index in [1.807, 2.05) is 36.4 Å². The number of carbonyl (C=O) groups excluding carboxylic acids is 2. The van der Waals surface area contributed by atoms with Gasteiger partial charge in [-0.25, -0.2) is 14.6 Å². The predicted octanol–water partition coefficient (Wildman–Crippen LogP) is 5.15. The van der Waals surface area contributed by atoms with E-state index in [9.17, 15) is 9.59 Å². The normalized spacial score (nSPS) is 15.1. The summed E-state index contributed by atoms with van der Waals surface area (Å²) in [6.45, 7) is 2.05. The molecule has 0 aliphatic carbocycles. The minimum Gasteiger partial charge on any atom is -0.444 e. The highest BCUT2D eigenvalue weighted by Gasteiger charge is 2.25. The van der Waals surface area contributed by atoms with Crippen molar-refractivity contribution in [3.05, 3.63) is 107 Å². The van der Waals surface area contributed by atoms with Gasteiger partial charge in [0, 0.05) is 5.56 Å². The van der Waals surface area contributed by atoms with E-state index >= 15 is 0 Å². The van der Waals surface area contributed by atoms with Gasteiger partial charge in [0.2, 0.25) is 5.89 Å².